The number of hydrogen-bond donors (Lipinski definition) is 2. The van der Waals surface area contributed by atoms with E-state index >= 15 is 0 Å². The molecule has 316 valence electrons. The Morgan fingerprint density at radius 2 is 1.64 bits per heavy atom. The number of carbonyl (C=O) groups is 1. The van der Waals surface area contributed by atoms with Gasteiger partial charge in [0, 0.05) is 44.6 Å². The van der Waals surface area contributed by atoms with Crippen molar-refractivity contribution in [2.75, 3.05) is 33.5 Å². The van der Waals surface area contributed by atoms with Crippen LogP contribution in [0.3, 0.4) is 0 Å². The molecule has 9 nitrogen and oxygen atoms in total. The molecule has 59 heavy (non-hydrogen) atoms. The van der Waals surface area contributed by atoms with Gasteiger partial charge in [0.05, 0.1) is 18.2 Å². The van der Waals surface area contributed by atoms with Gasteiger partial charge in [0.1, 0.15) is 29.9 Å². The number of rotatable bonds is 20. The molecule has 0 bridgehead atoms. The van der Waals surface area contributed by atoms with Gasteiger partial charge in [-0.2, -0.15) is 0 Å². The fourth-order valence-corrected chi connectivity index (χ4v) is 10.4. The normalized spacial score (nSPS) is 25.4. The molecule has 2 fully saturated rings. The van der Waals surface area contributed by atoms with Crippen molar-refractivity contribution in [3.8, 4) is 28.4 Å². The van der Waals surface area contributed by atoms with E-state index in [0.717, 1.165) is 72.2 Å². The second-order valence-corrected chi connectivity index (χ2v) is 16.9. The molecule has 6 atom stereocenters. The largest absolute Gasteiger partial charge is 0.459 e. The Balaban J connectivity index is 1.34. The number of allylic oxidation sites excluding steroid dienone is 1. The first-order valence-electron chi connectivity index (χ1n) is 22.2. The van der Waals surface area contributed by atoms with E-state index in [1.165, 1.54) is 25.7 Å². The number of likely N-dealkylation sites (N-methyl/N-ethyl adjacent to an activating group) is 1. The van der Waals surface area contributed by atoms with E-state index in [9.17, 15) is 15.0 Å². The molecule has 3 aromatic carbocycles. The summed E-state index contributed by atoms with van der Waals surface area (Å²) in [6, 6.07) is 24.1. The van der Waals surface area contributed by atoms with Crippen molar-refractivity contribution in [2.45, 2.75) is 108 Å². The van der Waals surface area contributed by atoms with Crippen molar-refractivity contribution in [3.63, 3.8) is 0 Å². The van der Waals surface area contributed by atoms with Gasteiger partial charge < -0.3 is 34.2 Å². The smallest absolute Gasteiger partial charge is 0.239 e. The zero-order valence-electron chi connectivity index (χ0n) is 35.1. The maximum atomic E-state index is 14.3. The summed E-state index contributed by atoms with van der Waals surface area (Å²) in [5, 5.41) is 24.6. The number of aliphatic hydroxyl groups excluding tert-OH is 2. The summed E-state index contributed by atoms with van der Waals surface area (Å²) in [4.78, 5) is 22.0. The highest BCUT2D eigenvalue weighted by Gasteiger charge is 2.65. The van der Waals surface area contributed by atoms with Gasteiger partial charge in [0.15, 0.2) is 0 Å². The summed E-state index contributed by atoms with van der Waals surface area (Å²) >= 11 is 0. The molecule has 3 aliphatic carbocycles. The molecule has 2 N–H and O–H groups in total. The van der Waals surface area contributed by atoms with Gasteiger partial charge in [-0.1, -0.05) is 98.3 Å². The van der Waals surface area contributed by atoms with Gasteiger partial charge in [0.25, 0.3) is 0 Å². The molecule has 0 spiro atoms. The Kier molecular flexibility index (Phi) is 14.6. The first kappa shape index (κ1) is 42.7. The molecule has 3 aromatic rings. The molecule has 1 heterocycles. The average molecular weight is 805 g/mol. The van der Waals surface area contributed by atoms with Crippen molar-refractivity contribution in [2.24, 2.45) is 28.8 Å². The standard InChI is InChI=1S/C50H64N2O7/c1-4-31-56-50-46(52(3)47(55)28-21-35-15-9-10-16-35)34-44(51-57-5-2)42-32-38(19-11-13-29-53)41(20-12-14-30-54)48(49(42)50)43-33-40(26-27-45(43)59-50)58-39-24-22-37(23-25-39)36-17-7-6-8-18-36/h4,6-8,17-18,22-27,32-33,35,38,41,46,48-49,53-54H,1,5,9-16,19-21,28-31,34H2,2-3H3. The van der Waals surface area contributed by atoms with Crippen LogP contribution in [-0.4, -0.2) is 72.0 Å². The summed E-state index contributed by atoms with van der Waals surface area (Å²) in [6.07, 6.45) is 15.7. The number of benzene rings is 3. The first-order valence-corrected chi connectivity index (χ1v) is 22.2. The van der Waals surface area contributed by atoms with E-state index in [0.29, 0.717) is 43.3 Å². The van der Waals surface area contributed by atoms with Crippen LogP contribution >= 0.6 is 0 Å². The topological polar surface area (TPSA) is 110 Å². The van der Waals surface area contributed by atoms with Crippen LogP contribution in [0, 0.1) is 23.7 Å². The Hall–Kier alpha value is -4.44. The summed E-state index contributed by atoms with van der Waals surface area (Å²) in [6.45, 7) is 6.91. The Morgan fingerprint density at radius 3 is 2.36 bits per heavy atom. The maximum Gasteiger partial charge on any atom is 0.239 e. The number of amides is 1. The minimum atomic E-state index is -1.25. The third kappa shape index (κ3) is 9.48. The fraction of sp³-hybridized carbons (Fsp3) is 0.520. The lowest BCUT2D eigenvalue weighted by molar-refractivity contribution is -0.255. The Labute approximate surface area is 351 Å². The lowest BCUT2D eigenvalue weighted by Gasteiger charge is -2.59. The molecule has 1 aliphatic heterocycles. The number of unbranched alkanes of at least 4 members (excludes halogenated alkanes) is 2. The number of oxime groups is 1. The SMILES string of the molecule is C=CCOC12Oc3ccc(Oc4ccc(-c5ccccc5)cc4)cc3C3C(CCCCO)C(CCCCO)C=C(C(=NOCC)CC1N(C)C(=O)CCC1CCCC1)C32. The fourth-order valence-electron chi connectivity index (χ4n) is 10.4. The molecule has 7 rings (SSSR count). The average Bonchev–Trinajstić information content (AvgIpc) is 3.80. The third-order valence-corrected chi connectivity index (χ3v) is 13.2. The number of nitrogens with zero attached hydrogens (tertiary/aromatic N) is 2. The molecule has 2 saturated carbocycles. The summed E-state index contributed by atoms with van der Waals surface area (Å²) in [5.41, 5.74) is 5.15. The lowest BCUT2D eigenvalue weighted by atomic mass is 9.55. The van der Waals surface area contributed by atoms with E-state index in [2.05, 4.69) is 43.0 Å². The van der Waals surface area contributed by atoms with Crippen molar-refractivity contribution < 1.29 is 34.1 Å². The van der Waals surface area contributed by atoms with Crippen LogP contribution in [-0.2, 0) is 14.4 Å². The van der Waals surface area contributed by atoms with Crippen LogP contribution < -0.4 is 9.47 Å². The van der Waals surface area contributed by atoms with Crippen LogP contribution in [0.15, 0.2) is 102 Å². The molecule has 0 aromatic heterocycles. The molecular formula is C50H64N2O7. The molecule has 9 heteroatoms. The number of hydrogen-bond acceptors (Lipinski definition) is 8. The van der Waals surface area contributed by atoms with Crippen LogP contribution in [0.1, 0.15) is 102 Å². The number of fused-ring (bicyclic) bond motifs is 2. The second-order valence-electron chi connectivity index (χ2n) is 16.9. The van der Waals surface area contributed by atoms with Crippen molar-refractivity contribution in [1.29, 1.82) is 0 Å². The van der Waals surface area contributed by atoms with Gasteiger partial charge in [-0.25, -0.2) is 0 Å². The Bertz CT molecular complexity index is 1910. The lowest BCUT2D eigenvalue weighted by Crippen LogP contribution is -2.69. The highest BCUT2D eigenvalue weighted by Crippen LogP contribution is 2.62. The van der Waals surface area contributed by atoms with Crippen molar-refractivity contribution in [1.82, 2.24) is 4.90 Å². The second kappa shape index (κ2) is 20.2. The predicted molar refractivity (Wildman–Crippen MR) is 232 cm³/mol. The molecule has 0 radical (unpaired) electrons. The van der Waals surface area contributed by atoms with E-state index < -0.39 is 11.8 Å². The quantitative estimate of drug-likeness (QED) is 0.0665. The monoisotopic (exact) mass is 804 g/mol. The minimum Gasteiger partial charge on any atom is -0.459 e. The molecular weight excluding hydrogens is 741 g/mol. The van der Waals surface area contributed by atoms with E-state index in [1.807, 2.05) is 61.3 Å². The molecule has 1 amide bonds. The highest BCUT2D eigenvalue weighted by molar-refractivity contribution is 6.03. The zero-order chi connectivity index (χ0) is 41.2. The predicted octanol–water partition coefficient (Wildman–Crippen LogP) is 10.2. The van der Waals surface area contributed by atoms with Crippen LogP contribution in [0.25, 0.3) is 11.1 Å². The first-order chi connectivity index (χ1) is 28.9. The van der Waals surface area contributed by atoms with Gasteiger partial charge >= 0.3 is 0 Å². The van der Waals surface area contributed by atoms with Gasteiger partial charge in [-0.15, -0.1) is 6.58 Å². The van der Waals surface area contributed by atoms with E-state index in [1.54, 1.807) is 6.08 Å². The number of aliphatic hydroxyl groups is 2. The van der Waals surface area contributed by atoms with E-state index in [4.69, 9.17) is 24.2 Å². The highest BCUT2D eigenvalue weighted by atomic mass is 16.7. The number of carbonyl (C=O) groups excluding carboxylic acids is 1. The van der Waals surface area contributed by atoms with Gasteiger partial charge in [-0.05, 0) is 104 Å². The molecule has 4 aliphatic rings. The van der Waals surface area contributed by atoms with Crippen LogP contribution in [0.5, 0.6) is 17.2 Å². The summed E-state index contributed by atoms with van der Waals surface area (Å²) < 4.78 is 21.0. The van der Waals surface area contributed by atoms with Crippen LogP contribution in [0.2, 0.25) is 0 Å². The number of ether oxygens (including phenoxy) is 3. The Morgan fingerprint density at radius 1 is 0.932 bits per heavy atom. The van der Waals surface area contributed by atoms with Crippen molar-refractivity contribution in [3.05, 3.63) is 103 Å². The molecule has 6 unspecified atom stereocenters. The third-order valence-electron chi connectivity index (χ3n) is 13.2. The summed E-state index contributed by atoms with van der Waals surface area (Å²) in [5.74, 6) is 1.42. The van der Waals surface area contributed by atoms with E-state index in [-0.39, 0.29) is 49.4 Å². The molecule has 0 saturated heterocycles. The van der Waals surface area contributed by atoms with Gasteiger partial charge in [-0.3, -0.25) is 4.79 Å². The van der Waals surface area contributed by atoms with Gasteiger partial charge in [0.2, 0.25) is 11.7 Å². The maximum absolute atomic E-state index is 14.3. The zero-order valence-corrected chi connectivity index (χ0v) is 35.1. The summed E-state index contributed by atoms with van der Waals surface area (Å²) in [7, 11) is 1.90. The van der Waals surface area contributed by atoms with Crippen LogP contribution in [0.4, 0.5) is 0 Å². The van der Waals surface area contributed by atoms with Crippen molar-refractivity contribution >= 4 is 11.6 Å². The minimum absolute atomic E-state index is 0.0804.